The summed E-state index contributed by atoms with van der Waals surface area (Å²) in [6.07, 6.45) is -4.76. The molecule has 3 rings (SSSR count). The highest BCUT2D eigenvalue weighted by atomic mass is 35.5. The first-order valence-electron chi connectivity index (χ1n) is 8.73. The van der Waals surface area contributed by atoms with E-state index in [4.69, 9.17) is 11.6 Å². The zero-order valence-corrected chi connectivity index (χ0v) is 17.0. The van der Waals surface area contributed by atoms with Gasteiger partial charge in [0.2, 0.25) is 10.0 Å². The van der Waals surface area contributed by atoms with Crippen LogP contribution in [0.5, 0.6) is 0 Å². The number of sulfonamides is 1. The number of aryl methyl sites for hydroxylation is 1. The van der Waals surface area contributed by atoms with E-state index in [1.165, 1.54) is 4.90 Å². The van der Waals surface area contributed by atoms with E-state index < -0.39 is 31.7 Å². The average Bonchev–Trinajstić information content (AvgIpc) is 2.67. The Labute approximate surface area is 171 Å². The van der Waals surface area contributed by atoms with Crippen LogP contribution in [0.3, 0.4) is 0 Å². The van der Waals surface area contributed by atoms with Crippen molar-refractivity contribution >= 4 is 27.5 Å². The van der Waals surface area contributed by atoms with Crippen LogP contribution in [-0.4, -0.2) is 49.7 Å². The third-order valence-electron chi connectivity index (χ3n) is 4.78. The van der Waals surface area contributed by atoms with E-state index in [1.54, 1.807) is 12.1 Å². The van der Waals surface area contributed by atoms with Crippen molar-refractivity contribution in [2.75, 3.05) is 26.2 Å². The zero-order chi connectivity index (χ0) is 21.4. The maximum absolute atomic E-state index is 13.1. The van der Waals surface area contributed by atoms with Gasteiger partial charge in [-0.1, -0.05) is 29.8 Å². The number of rotatable bonds is 3. The van der Waals surface area contributed by atoms with Gasteiger partial charge in [-0.05, 0) is 36.8 Å². The molecule has 0 bridgehead atoms. The van der Waals surface area contributed by atoms with Crippen LogP contribution in [0, 0.1) is 6.92 Å². The lowest BCUT2D eigenvalue weighted by molar-refractivity contribution is -0.137. The van der Waals surface area contributed by atoms with E-state index in [2.05, 4.69) is 0 Å². The number of carbonyl (C=O) groups excluding carboxylic acids is 1. The highest BCUT2D eigenvalue weighted by Crippen LogP contribution is 2.36. The summed E-state index contributed by atoms with van der Waals surface area (Å²) in [7, 11) is -4.15. The summed E-state index contributed by atoms with van der Waals surface area (Å²) in [5.41, 5.74) is 0.151. The van der Waals surface area contributed by atoms with Crippen LogP contribution in [0.15, 0.2) is 47.4 Å². The summed E-state index contributed by atoms with van der Waals surface area (Å²) < 4.78 is 65.8. The van der Waals surface area contributed by atoms with Crippen molar-refractivity contribution < 1.29 is 26.4 Å². The van der Waals surface area contributed by atoms with Crippen molar-refractivity contribution in [1.82, 2.24) is 9.21 Å². The number of nitrogens with zero attached hydrogens (tertiary/aromatic N) is 2. The molecule has 1 heterocycles. The predicted octanol–water partition coefficient (Wildman–Crippen LogP) is 3.81. The minimum Gasteiger partial charge on any atom is -0.336 e. The number of alkyl halides is 3. The molecule has 5 nitrogen and oxygen atoms in total. The second-order valence-corrected chi connectivity index (χ2v) is 9.00. The Morgan fingerprint density at radius 1 is 1.03 bits per heavy atom. The minimum absolute atomic E-state index is 0.00999. The van der Waals surface area contributed by atoms with E-state index in [0.717, 1.165) is 22.0 Å². The highest BCUT2D eigenvalue weighted by Gasteiger charge is 2.36. The molecule has 0 atom stereocenters. The van der Waals surface area contributed by atoms with Gasteiger partial charge in [0.15, 0.2) is 0 Å². The molecule has 0 aromatic heterocycles. The van der Waals surface area contributed by atoms with Crippen molar-refractivity contribution in [3.63, 3.8) is 0 Å². The number of piperazine rings is 1. The largest absolute Gasteiger partial charge is 0.417 e. The van der Waals surface area contributed by atoms with E-state index in [1.807, 2.05) is 19.1 Å². The third-order valence-corrected chi connectivity index (χ3v) is 7.01. The van der Waals surface area contributed by atoms with Crippen LogP contribution < -0.4 is 0 Å². The molecule has 0 saturated carbocycles. The molecule has 0 unspecified atom stereocenters. The molecule has 1 aliphatic heterocycles. The second kappa shape index (κ2) is 7.97. The van der Waals surface area contributed by atoms with Gasteiger partial charge < -0.3 is 4.90 Å². The molecule has 1 aliphatic rings. The van der Waals surface area contributed by atoms with Crippen molar-refractivity contribution in [1.29, 1.82) is 0 Å². The van der Waals surface area contributed by atoms with Gasteiger partial charge in [0.1, 0.15) is 0 Å². The number of carbonyl (C=O) groups is 1. The fourth-order valence-electron chi connectivity index (χ4n) is 3.15. The summed E-state index contributed by atoms with van der Waals surface area (Å²) in [5.74, 6) is -0.203. The molecule has 0 aliphatic carbocycles. The molecule has 2 aromatic carbocycles. The summed E-state index contributed by atoms with van der Waals surface area (Å²) in [5, 5.41) is -0.565. The number of halogens is 4. The molecule has 1 amide bonds. The van der Waals surface area contributed by atoms with Gasteiger partial charge in [0.05, 0.1) is 15.5 Å². The highest BCUT2D eigenvalue weighted by molar-refractivity contribution is 7.89. The van der Waals surface area contributed by atoms with Crippen LogP contribution in [0.2, 0.25) is 5.02 Å². The summed E-state index contributed by atoms with van der Waals surface area (Å²) in [6.45, 7) is 2.08. The smallest absolute Gasteiger partial charge is 0.336 e. The fourth-order valence-corrected chi connectivity index (χ4v) is 4.82. The maximum atomic E-state index is 13.1. The van der Waals surface area contributed by atoms with Gasteiger partial charge in [-0.2, -0.15) is 17.5 Å². The molecule has 156 valence electrons. The van der Waals surface area contributed by atoms with Crippen molar-refractivity contribution in [3.8, 4) is 0 Å². The Morgan fingerprint density at radius 2 is 1.66 bits per heavy atom. The number of benzene rings is 2. The Hall–Kier alpha value is -2.10. The van der Waals surface area contributed by atoms with E-state index >= 15 is 0 Å². The Kier molecular flexibility index (Phi) is 5.93. The molecule has 0 spiro atoms. The van der Waals surface area contributed by atoms with Crippen molar-refractivity contribution in [2.24, 2.45) is 0 Å². The molecule has 29 heavy (non-hydrogen) atoms. The Bertz CT molecular complexity index is 1030. The van der Waals surface area contributed by atoms with E-state index in [0.29, 0.717) is 11.6 Å². The quantitative estimate of drug-likeness (QED) is 0.720. The normalized spacial score (nSPS) is 16.1. The van der Waals surface area contributed by atoms with Gasteiger partial charge >= 0.3 is 6.18 Å². The van der Waals surface area contributed by atoms with Gasteiger partial charge in [-0.3, -0.25) is 4.79 Å². The maximum Gasteiger partial charge on any atom is 0.417 e. The lowest BCUT2D eigenvalue weighted by Gasteiger charge is -2.34. The monoisotopic (exact) mass is 446 g/mol. The first-order chi connectivity index (χ1) is 13.5. The van der Waals surface area contributed by atoms with Crippen LogP contribution >= 0.6 is 11.6 Å². The molecule has 10 heteroatoms. The molecule has 2 aromatic rings. The summed E-state index contributed by atoms with van der Waals surface area (Å²) in [4.78, 5) is 13.7. The molecular formula is C19H18ClF3N2O3S. The Balaban J connectivity index is 1.77. The SMILES string of the molecule is Cc1ccccc1C(=O)N1CCN(S(=O)(=O)c2ccc(Cl)c(C(F)(F)F)c2)CC1. The minimum atomic E-state index is -4.76. The van der Waals surface area contributed by atoms with E-state index in [9.17, 15) is 26.4 Å². The molecular weight excluding hydrogens is 429 g/mol. The van der Waals surface area contributed by atoms with Gasteiger partial charge in [-0.15, -0.1) is 0 Å². The number of hydrogen-bond donors (Lipinski definition) is 0. The molecule has 0 radical (unpaired) electrons. The van der Waals surface area contributed by atoms with Crippen LogP contribution in [0.4, 0.5) is 13.2 Å². The van der Waals surface area contributed by atoms with Crippen molar-refractivity contribution in [2.45, 2.75) is 18.0 Å². The Morgan fingerprint density at radius 3 is 2.24 bits per heavy atom. The standard InChI is InChI=1S/C19H18ClF3N2O3S/c1-13-4-2-3-5-15(13)18(26)24-8-10-25(11-9-24)29(27,28)14-6-7-17(20)16(12-14)19(21,22)23/h2-7,12H,8-11H2,1H3. The number of amides is 1. The van der Waals surface area contributed by atoms with Gasteiger partial charge in [0, 0.05) is 31.7 Å². The number of hydrogen-bond acceptors (Lipinski definition) is 3. The molecule has 1 saturated heterocycles. The lowest BCUT2D eigenvalue weighted by Crippen LogP contribution is -2.50. The zero-order valence-electron chi connectivity index (χ0n) is 15.4. The third kappa shape index (κ3) is 4.41. The van der Waals surface area contributed by atoms with Crippen LogP contribution in [0.25, 0.3) is 0 Å². The molecule has 0 N–H and O–H groups in total. The average molecular weight is 447 g/mol. The second-order valence-electron chi connectivity index (χ2n) is 6.65. The van der Waals surface area contributed by atoms with Crippen LogP contribution in [0.1, 0.15) is 21.5 Å². The predicted molar refractivity (Wildman–Crippen MR) is 102 cm³/mol. The topological polar surface area (TPSA) is 57.7 Å². The fraction of sp³-hybridized carbons (Fsp3) is 0.316. The first kappa shape index (κ1) is 21.6. The van der Waals surface area contributed by atoms with Gasteiger partial charge in [0.25, 0.3) is 5.91 Å². The molecule has 1 fully saturated rings. The first-order valence-corrected chi connectivity index (χ1v) is 10.6. The summed E-state index contributed by atoms with van der Waals surface area (Å²) in [6, 6.07) is 9.60. The van der Waals surface area contributed by atoms with Gasteiger partial charge in [-0.25, -0.2) is 8.42 Å². The van der Waals surface area contributed by atoms with Crippen LogP contribution in [-0.2, 0) is 16.2 Å². The lowest BCUT2D eigenvalue weighted by atomic mass is 10.1. The summed E-state index contributed by atoms with van der Waals surface area (Å²) >= 11 is 5.57. The van der Waals surface area contributed by atoms with E-state index in [-0.39, 0.29) is 32.1 Å². The van der Waals surface area contributed by atoms with Crippen molar-refractivity contribution in [3.05, 3.63) is 64.2 Å².